The molecule has 0 bridgehead atoms. The SMILES string of the molecule is c1ccc2cc(N(c3ccc(-c4ccc(-c5cccc6ccccc56)cc4)cc3)c3cccc4c3ccc3c5ccccc5oc43)ccc2c1. The largest absolute Gasteiger partial charge is 0.455 e. The van der Waals surface area contributed by atoms with Crippen LogP contribution in [0.15, 0.2) is 192 Å². The molecule has 234 valence electrons. The predicted octanol–water partition coefficient (Wildman–Crippen LogP) is 13.8. The number of hydrogen-bond acceptors (Lipinski definition) is 2. The van der Waals surface area contributed by atoms with Gasteiger partial charge in [-0.15, -0.1) is 0 Å². The highest BCUT2D eigenvalue weighted by Gasteiger charge is 2.19. The zero-order chi connectivity index (χ0) is 33.0. The third-order valence-electron chi connectivity index (χ3n) is 10.1. The zero-order valence-corrected chi connectivity index (χ0v) is 27.3. The molecular formula is C48H31NO. The van der Waals surface area contributed by atoms with E-state index in [4.69, 9.17) is 4.42 Å². The van der Waals surface area contributed by atoms with E-state index in [1.165, 1.54) is 43.8 Å². The van der Waals surface area contributed by atoms with Crippen LogP contribution in [0.5, 0.6) is 0 Å². The summed E-state index contributed by atoms with van der Waals surface area (Å²) in [5, 5.41) is 9.48. The van der Waals surface area contributed by atoms with Crippen molar-refractivity contribution in [3.8, 4) is 22.3 Å². The molecule has 10 rings (SSSR count). The number of rotatable bonds is 5. The first kappa shape index (κ1) is 28.4. The molecule has 0 aliphatic carbocycles. The highest BCUT2D eigenvalue weighted by Crippen LogP contribution is 2.43. The van der Waals surface area contributed by atoms with E-state index >= 15 is 0 Å². The lowest BCUT2D eigenvalue weighted by Crippen LogP contribution is -2.10. The topological polar surface area (TPSA) is 16.4 Å². The number of benzene rings is 9. The van der Waals surface area contributed by atoms with E-state index in [9.17, 15) is 0 Å². The molecule has 9 aromatic carbocycles. The van der Waals surface area contributed by atoms with Crippen molar-refractivity contribution in [3.63, 3.8) is 0 Å². The van der Waals surface area contributed by atoms with Gasteiger partial charge in [0, 0.05) is 32.9 Å². The molecule has 1 aromatic heterocycles. The molecule has 0 spiro atoms. The van der Waals surface area contributed by atoms with E-state index in [0.29, 0.717) is 0 Å². The number of nitrogens with zero attached hydrogens (tertiary/aromatic N) is 1. The van der Waals surface area contributed by atoms with Crippen LogP contribution in [0.2, 0.25) is 0 Å². The lowest BCUT2D eigenvalue weighted by molar-refractivity contribution is 0.672. The third kappa shape index (κ3) is 4.65. The van der Waals surface area contributed by atoms with Crippen molar-refractivity contribution in [2.24, 2.45) is 0 Å². The molecule has 50 heavy (non-hydrogen) atoms. The summed E-state index contributed by atoms with van der Waals surface area (Å²) in [5.41, 5.74) is 9.98. The lowest BCUT2D eigenvalue weighted by atomic mass is 9.96. The van der Waals surface area contributed by atoms with Crippen LogP contribution in [0.4, 0.5) is 17.1 Å². The summed E-state index contributed by atoms with van der Waals surface area (Å²) in [5.74, 6) is 0. The van der Waals surface area contributed by atoms with Crippen LogP contribution < -0.4 is 4.90 Å². The van der Waals surface area contributed by atoms with Gasteiger partial charge in [0.05, 0.1) is 5.69 Å². The van der Waals surface area contributed by atoms with Crippen molar-refractivity contribution in [2.45, 2.75) is 0 Å². The number of fused-ring (bicyclic) bond motifs is 7. The molecule has 0 saturated carbocycles. The van der Waals surface area contributed by atoms with Crippen molar-refractivity contribution in [1.29, 1.82) is 0 Å². The lowest BCUT2D eigenvalue weighted by Gasteiger charge is -2.27. The smallest absolute Gasteiger partial charge is 0.143 e. The van der Waals surface area contributed by atoms with E-state index < -0.39 is 0 Å². The fraction of sp³-hybridized carbons (Fsp3) is 0. The minimum Gasteiger partial charge on any atom is -0.455 e. The number of hydrogen-bond donors (Lipinski definition) is 0. The molecule has 0 amide bonds. The van der Waals surface area contributed by atoms with E-state index in [1.807, 2.05) is 12.1 Å². The Kier molecular flexibility index (Phi) is 6.53. The van der Waals surface area contributed by atoms with Crippen LogP contribution in [0, 0.1) is 0 Å². The van der Waals surface area contributed by atoms with Gasteiger partial charge in [-0.25, -0.2) is 0 Å². The van der Waals surface area contributed by atoms with Crippen LogP contribution in [0.3, 0.4) is 0 Å². The Bertz CT molecular complexity index is 2860. The Morgan fingerprint density at radius 1 is 0.340 bits per heavy atom. The summed E-state index contributed by atoms with van der Waals surface area (Å²) >= 11 is 0. The zero-order valence-electron chi connectivity index (χ0n) is 27.3. The van der Waals surface area contributed by atoms with Gasteiger partial charge in [0.15, 0.2) is 0 Å². The fourth-order valence-electron chi connectivity index (χ4n) is 7.58. The van der Waals surface area contributed by atoms with Crippen molar-refractivity contribution in [3.05, 3.63) is 188 Å². The van der Waals surface area contributed by atoms with Gasteiger partial charge in [-0.3, -0.25) is 0 Å². The Morgan fingerprint density at radius 2 is 0.920 bits per heavy atom. The van der Waals surface area contributed by atoms with Gasteiger partial charge in [-0.2, -0.15) is 0 Å². The molecule has 1 heterocycles. The van der Waals surface area contributed by atoms with Crippen LogP contribution in [0.25, 0.3) is 76.5 Å². The van der Waals surface area contributed by atoms with Gasteiger partial charge in [-0.1, -0.05) is 146 Å². The van der Waals surface area contributed by atoms with Gasteiger partial charge in [0.2, 0.25) is 0 Å². The summed E-state index contributed by atoms with van der Waals surface area (Å²) in [6.07, 6.45) is 0. The van der Waals surface area contributed by atoms with Crippen LogP contribution in [-0.4, -0.2) is 0 Å². The van der Waals surface area contributed by atoms with Crippen LogP contribution in [-0.2, 0) is 0 Å². The Labute approximate surface area is 290 Å². The summed E-state index contributed by atoms with van der Waals surface area (Å²) in [6, 6.07) is 67.5. The summed E-state index contributed by atoms with van der Waals surface area (Å²) < 4.78 is 6.47. The molecule has 0 unspecified atom stereocenters. The molecule has 0 atom stereocenters. The van der Waals surface area contributed by atoms with Gasteiger partial charge < -0.3 is 9.32 Å². The van der Waals surface area contributed by atoms with Gasteiger partial charge in [0.1, 0.15) is 11.2 Å². The quantitative estimate of drug-likeness (QED) is 0.187. The standard InChI is InChI=1S/C48H31NO/c1-2-11-37-31-39(28-25-32(37)9-1)49(46-17-8-16-44-42(46)29-30-45-43-14-5-6-18-47(43)50-48(44)45)38-26-23-34(24-27-38)33-19-21-36(22-20-33)41-15-7-12-35-10-3-4-13-40(35)41/h1-31H. The first-order valence-corrected chi connectivity index (χ1v) is 17.1. The van der Waals surface area contributed by atoms with Crippen LogP contribution >= 0.6 is 0 Å². The summed E-state index contributed by atoms with van der Waals surface area (Å²) in [7, 11) is 0. The van der Waals surface area contributed by atoms with Gasteiger partial charge in [0.25, 0.3) is 0 Å². The van der Waals surface area contributed by atoms with Crippen molar-refractivity contribution in [2.75, 3.05) is 4.90 Å². The Hall–Kier alpha value is -6.64. The first-order chi connectivity index (χ1) is 24.8. The average molecular weight is 638 g/mol. The van der Waals surface area contributed by atoms with E-state index in [-0.39, 0.29) is 0 Å². The minimum atomic E-state index is 0.910. The molecule has 0 N–H and O–H groups in total. The molecular weight excluding hydrogens is 607 g/mol. The van der Waals surface area contributed by atoms with E-state index in [0.717, 1.165) is 49.8 Å². The Balaban J connectivity index is 1.08. The van der Waals surface area contributed by atoms with Crippen molar-refractivity contribution >= 4 is 71.3 Å². The minimum absolute atomic E-state index is 0.910. The number of furan rings is 1. The molecule has 0 aliphatic heterocycles. The third-order valence-corrected chi connectivity index (χ3v) is 10.1. The average Bonchev–Trinajstić information content (AvgIpc) is 3.58. The highest BCUT2D eigenvalue weighted by atomic mass is 16.3. The number of para-hydroxylation sites is 1. The van der Waals surface area contributed by atoms with Gasteiger partial charge >= 0.3 is 0 Å². The van der Waals surface area contributed by atoms with E-state index in [1.54, 1.807) is 0 Å². The molecule has 10 aromatic rings. The Morgan fingerprint density at radius 3 is 1.76 bits per heavy atom. The van der Waals surface area contributed by atoms with Crippen molar-refractivity contribution in [1.82, 2.24) is 0 Å². The van der Waals surface area contributed by atoms with Crippen molar-refractivity contribution < 1.29 is 4.42 Å². The number of anilines is 3. The van der Waals surface area contributed by atoms with Crippen LogP contribution in [0.1, 0.15) is 0 Å². The molecule has 2 heteroatoms. The second-order valence-electron chi connectivity index (χ2n) is 12.9. The highest BCUT2D eigenvalue weighted by molar-refractivity contribution is 6.17. The van der Waals surface area contributed by atoms with Gasteiger partial charge in [-0.05, 0) is 86.3 Å². The maximum absolute atomic E-state index is 6.47. The first-order valence-electron chi connectivity index (χ1n) is 17.1. The summed E-state index contributed by atoms with van der Waals surface area (Å²) in [6.45, 7) is 0. The second-order valence-corrected chi connectivity index (χ2v) is 12.9. The maximum atomic E-state index is 6.47. The van der Waals surface area contributed by atoms with E-state index in [2.05, 4.69) is 181 Å². The molecule has 2 nitrogen and oxygen atoms in total. The monoisotopic (exact) mass is 637 g/mol. The molecule has 0 saturated heterocycles. The summed E-state index contributed by atoms with van der Waals surface area (Å²) in [4.78, 5) is 2.37. The molecule has 0 fully saturated rings. The fourth-order valence-corrected chi connectivity index (χ4v) is 7.58. The maximum Gasteiger partial charge on any atom is 0.143 e. The molecule has 0 radical (unpaired) electrons. The molecule has 0 aliphatic rings. The normalized spacial score (nSPS) is 11.6. The second kappa shape index (κ2) is 11.5. The predicted molar refractivity (Wildman–Crippen MR) is 212 cm³/mol.